The van der Waals surface area contributed by atoms with Gasteiger partial charge in [-0.3, -0.25) is 10.2 Å². The third kappa shape index (κ3) is 9.57. The maximum absolute atomic E-state index is 13.0. The van der Waals surface area contributed by atoms with E-state index in [0.717, 1.165) is 38.8 Å². The third-order valence-corrected chi connectivity index (χ3v) is 8.18. The molecule has 0 unspecified atom stereocenters. The highest BCUT2D eigenvalue weighted by atomic mass is 35.5. The highest BCUT2D eigenvalue weighted by Gasteiger charge is 2.58. The van der Waals surface area contributed by atoms with Gasteiger partial charge in [-0.25, -0.2) is 4.79 Å². The molecule has 1 aromatic rings. The molecule has 1 amide bonds. The van der Waals surface area contributed by atoms with Crippen LogP contribution in [-0.4, -0.2) is 73.7 Å². The molecule has 1 N–H and O–H groups in total. The van der Waals surface area contributed by atoms with Crippen molar-refractivity contribution in [1.29, 1.82) is 0 Å². The first-order valence-corrected chi connectivity index (χ1v) is 15.8. The van der Waals surface area contributed by atoms with E-state index in [2.05, 4.69) is 17.1 Å². The largest absolute Gasteiger partial charge is 0.442 e. The van der Waals surface area contributed by atoms with Crippen LogP contribution in [0.15, 0.2) is 24.3 Å². The van der Waals surface area contributed by atoms with Gasteiger partial charge in [0.2, 0.25) is 0 Å². The van der Waals surface area contributed by atoms with Crippen LogP contribution in [0.4, 0.5) is 10.5 Å². The lowest BCUT2D eigenvalue weighted by Crippen LogP contribution is -2.49. The molecule has 0 saturated carbocycles. The summed E-state index contributed by atoms with van der Waals surface area (Å²) in [5.41, 5.74) is 0.615. The maximum Gasteiger partial charge on any atom is 0.412 e. The van der Waals surface area contributed by atoms with Crippen LogP contribution in [0.1, 0.15) is 91.4 Å². The first kappa shape index (κ1) is 31.5. The molecule has 0 aliphatic carbocycles. The number of carbonyl (C=O) groups is 1. The van der Waals surface area contributed by atoms with E-state index in [1.807, 2.05) is 13.8 Å². The fraction of sp³-hybridized carbons (Fsp3) is 0.774. The van der Waals surface area contributed by atoms with Crippen molar-refractivity contribution in [3.05, 3.63) is 29.3 Å². The summed E-state index contributed by atoms with van der Waals surface area (Å²) >= 11 is 6.00. The lowest BCUT2D eigenvalue weighted by Gasteiger charge is -2.34. The Morgan fingerprint density at radius 3 is 2.35 bits per heavy atom. The van der Waals surface area contributed by atoms with Gasteiger partial charge in [-0.15, -0.1) is 0 Å². The van der Waals surface area contributed by atoms with E-state index >= 15 is 0 Å². The molecule has 3 saturated heterocycles. The summed E-state index contributed by atoms with van der Waals surface area (Å²) in [6.07, 6.45) is 10.5. The van der Waals surface area contributed by atoms with Crippen molar-refractivity contribution in [2.24, 2.45) is 0 Å². The Kier molecular flexibility index (Phi) is 12.4. The first-order valence-electron chi connectivity index (χ1n) is 15.4. The number of hydrogen-bond acceptors (Lipinski definition) is 7. The Morgan fingerprint density at radius 1 is 1.00 bits per heavy atom. The van der Waals surface area contributed by atoms with Crippen molar-refractivity contribution in [2.45, 2.75) is 128 Å². The van der Waals surface area contributed by atoms with Crippen molar-refractivity contribution < 1.29 is 28.5 Å². The number of rotatable bonds is 15. The smallest absolute Gasteiger partial charge is 0.412 e. The molecule has 3 aliphatic rings. The van der Waals surface area contributed by atoms with Crippen LogP contribution in [-0.2, 0) is 23.7 Å². The molecule has 3 aliphatic heterocycles. The Morgan fingerprint density at radius 2 is 1.65 bits per heavy atom. The molecule has 1 aromatic carbocycles. The van der Waals surface area contributed by atoms with Gasteiger partial charge in [0, 0.05) is 23.9 Å². The van der Waals surface area contributed by atoms with Gasteiger partial charge in [0.15, 0.2) is 12.1 Å². The minimum absolute atomic E-state index is 0.374. The Hall–Kier alpha value is -1.42. The number of nitrogens with one attached hydrogen (secondary N) is 1. The van der Waals surface area contributed by atoms with Gasteiger partial charge in [-0.2, -0.15) is 0 Å². The predicted molar refractivity (Wildman–Crippen MR) is 157 cm³/mol. The van der Waals surface area contributed by atoms with E-state index in [0.29, 0.717) is 23.9 Å². The minimum Gasteiger partial charge on any atom is -0.442 e. The van der Waals surface area contributed by atoms with Gasteiger partial charge in [-0.05, 0) is 70.5 Å². The van der Waals surface area contributed by atoms with Gasteiger partial charge in [0.05, 0.1) is 0 Å². The van der Waals surface area contributed by atoms with Gasteiger partial charge >= 0.3 is 6.09 Å². The van der Waals surface area contributed by atoms with Gasteiger partial charge in [-0.1, -0.05) is 69.9 Å². The summed E-state index contributed by atoms with van der Waals surface area (Å²) in [6, 6.07) is 6.95. The number of hydrogen-bond donors (Lipinski definition) is 1. The topological polar surface area (TPSA) is 78.5 Å². The van der Waals surface area contributed by atoms with Gasteiger partial charge < -0.3 is 23.7 Å². The van der Waals surface area contributed by atoms with Crippen LogP contribution < -0.4 is 5.32 Å². The number of benzene rings is 1. The maximum atomic E-state index is 13.0. The van der Waals surface area contributed by atoms with E-state index in [1.165, 1.54) is 44.9 Å². The number of likely N-dealkylation sites (tertiary alicyclic amines) is 1. The molecule has 40 heavy (non-hydrogen) atoms. The van der Waals surface area contributed by atoms with Crippen molar-refractivity contribution in [2.75, 3.05) is 31.6 Å². The number of carbonyl (C=O) groups excluding carboxylic acids is 1. The molecule has 9 heteroatoms. The van der Waals surface area contributed by atoms with E-state index in [9.17, 15) is 4.79 Å². The van der Waals surface area contributed by atoms with E-state index in [4.69, 9.17) is 35.3 Å². The molecule has 3 fully saturated rings. The number of halogens is 1. The minimum atomic E-state index is -0.765. The first-order chi connectivity index (χ1) is 19.3. The SMILES string of the molecule is CCCCCCCCCCO[C@H]1O[C@H]([C@@H](CN2CCCCC2)OC(=O)Nc2ccc(Cl)cc2)[C@@H]2OC(C)(C)O[C@H]12. The number of anilines is 1. The Balaban J connectivity index is 1.36. The highest BCUT2D eigenvalue weighted by Crippen LogP contribution is 2.41. The Labute approximate surface area is 245 Å². The second kappa shape index (κ2) is 15.7. The Bertz CT molecular complexity index is 894. The summed E-state index contributed by atoms with van der Waals surface area (Å²) in [7, 11) is 0. The summed E-state index contributed by atoms with van der Waals surface area (Å²) in [4.78, 5) is 15.4. The monoisotopic (exact) mass is 580 g/mol. The van der Waals surface area contributed by atoms with Crippen molar-refractivity contribution >= 4 is 23.4 Å². The summed E-state index contributed by atoms with van der Waals surface area (Å²) in [5, 5.41) is 3.42. The van der Waals surface area contributed by atoms with Crippen LogP contribution in [0.3, 0.4) is 0 Å². The highest BCUT2D eigenvalue weighted by molar-refractivity contribution is 6.30. The zero-order valence-electron chi connectivity index (χ0n) is 24.6. The summed E-state index contributed by atoms with van der Waals surface area (Å²) < 4.78 is 31.3. The van der Waals surface area contributed by atoms with Crippen LogP contribution in [0.25, 0.3) is 0 Å². The standard InChI is InChI=1S/C31H49ClN2O6/c1-4-5-6-7-8-9-10-14-21-36-29-28-27(39-31(2,3)40-28)26(38-29)25(22-34-19-12-11-13-20-34)37-30(35)33-24-17-15-23(32)16-18-24/h15-18,25-29H,4-14,19-22H2,1-3H3,(H,33,35)/t25-,26-,27+,28+,29+/m1/s1. The predicted octanol–water partition coefficient (Wildman–Crippen LogP) is 7.15. The van der Waals surface area contributed by atoms with Crippen molar-refractivity contribution in [1.82, 2.24) is 4.90 Å². The van der Waals surface area contributed by atoms with E-state index in [-0.39, 0.29) is 6.10 Å². The number of nitrogens with zero attached hydrogens (tertiary/aromatic N) is 1. The van der Waals surface area contributed by atoms with Gasteiger partial charge in [0.25, 0.3) is 0 Å². The third-order valence-electron chi connectivity index (χ3n) is 7.93. The molecule has 226 valence electrons. The number of fused-ring (bicyclic) bond motifs is 1. The lowest BCUT2D eigenvalue weighted by atomic mass is 10.0. The second-order valence-corrected chi connectivity index (χ2v) is 12.3. The average Bonchev–Trinajstić information content (AvgIpc) is 3.42. The molecule has 4 rings (SSSR count). The zero-order valence-corrected chi connectivity index (χ0v) is 25.3. The summed E-state index contributed by atoms with van der Waals surface area (Å²) in [5.74, 6) is -0.765. The molecule has 5 atom stereocenters. The van der Waals surface area contributed by atoms with Crippen molar-refractivity contribution in [3.8, 4) is 0 Å². The number of unbranched alkanes of at least 4 members (excludes halogenated alkanes) is 7. The fourth-order valence-corrected chi connectivity index (χ4v) is 6.01. The number of amides is 1. The average molecular weight is 581 g/mol. The van der Waals surface area contributed by atoms with Crippen LogP contribution in [0.2, 0.25) is 5.02 Å². The summed E-state index contributed by atoms with van der Waals surface area (Å²) in [6.45, 7) is 9.18. The lowest BCUT2D eigenvalue weighted by molar-refractivity contribution is -0.243. The molecule has 0 spiro atoms. The van der Waals surface area contributed by atoms with Crippen LogP contribution in [0.5, 0.6) is 0 Å². The molecular weight excluding hydrogens is 532 g/mol. The molecule has 0 radical (unpaired) electrons. The molecule has 8 nitrogen and oxygen atoms in total. The van der Waals surface area contributed by atoms with Crippen LogP contribution in [0, 0.1) is 0 Å². The van der Waals surface area contributed by atoms with E-state index < -0.39 is 36.5 Å². The molecular formula is C31H49ClN2O6. The second-order valence-electron chi connectivity index (χ2n) is 11.8. The van der Waals surface area contributed by atoms with Crippen LogP contribution >= 0.6 is 11.6 Å². The number of ether oxygens (including phenoxy) is 5. The molecule has 0 bridgehead atoms. The fourth-order valence-electron chi connectivity index (χ4n) is 5.88. The van der Waals surface area contributed by atoms with Crippen molar-refractivity contribution in [3.63, 3.8) is 0 Å². The molecule has 0 aromatic heterocycles. The molecule has 3 heterocycles. The quantitative estimate of drug-likeness (QED) is 0.221. The van der Waals surface area contributed by atoms with E-state index in [1.54, 1.807) is 24.3 Å². The van der Waals surface area contributed by atoms with Gasteiger partial charge in [0.1, 0.15) is 24.4 Å². The normalized spacial score (nSPS) is 26.9. The zero-order chi connectivity index (χ0) is 28.4. The number of piperidine rings is 1.